The van der Waals surface area contributed by atoms with Gasteiger partial charge in [-0.3, -0.25) is 0 Å². The Labute approximate surface area is 410 Å². The van der Waals surface area contributed by atoms with Gasteiger partial charge in [0.2, 0.25) is 0 Å². The van der Waals surface area contributed by atoms with Crippen LogP contribution in [0.25, 0.3) is 0 Å². The van der Waals surface area contributed by atoms with Crippen LogP contribution in [-0.4, -0.2) is 24.1 Å². The fourth-order valence-corrected chi connectivity index (χ4v) is 10.0. The first kappa shape index (κ1) is 61.4. The van der Waals surface area contributed by atoms with E-state index < -0.39 is 0 Å². The molecule has 1 nitrogen and oxygen atoms in total. The first-order valence-corrected chi connectivity index (χ1v) is 30.1. The second-order valence-electron chi connectivity index (χ2n) is 21.1. The van der Waals surface area contributed by atoms with Crippen LogP contribution in [0, 0.1) is 0 Å². The van der Waals surface area contributed by atoms with E-state index in [1.165, 1.54) is 295 Å². The third-order valence-corrected chi connectivity index (χ3v) is 14.5. The number of quaternary nitrogens is 1. The molecule has 0 heterocycles. The molecule has 65 heavy (non-hydrogen) atoms. The minimum atomic E-state index is 1.10. The molecule has 0 saturated carbocycles. The number of hydrogen-bond acceptors (Lipinski definition) is 0. The molecular formula is C64H118N+. The van der Waals surface area contributed by atoms with Gasteiger partial charge in [-0.25, -0.2) is 0 Å². The Balaban J connectivity index is 2.54. The van der Waals surface area contributed by atoms with Gasteiger partial charge >= 0.3 is 0 Å². The van der Waals surface area contributed by atoms with Gasteiger partial charge in [-0.1, -0.05) is 320 Å². The number of nitrogens with zero attached hydrogens (tertiary/aromatic N) is 1. The summed E-state index contributed by atoms with van der Waals surface area (Å²) >= 11 is 0. The molecule has 0 radical (unpaired) electrons. The third kappa shape index (κ3) is 44.7. The summed E-state index contributed by atoms with van der Waals surface area (Å²) in [6, 6.07) is 11.4. The molecule has 1 aromatic rings. The van der Waals surface area contributed by atoms with Gasteiger partial charge in [-0.2, -0.15) is 0 Å². The molecule has 1 aromatic carbocycles. The maximum absolute atomic E-state index is 2.56. The number of allylic oxidation sites excluding steroid dienone is 3. The smallest absolute Gasteiger partial charge is 0.105 e. The van der Waals surface area contributed by atoms with Crippen molar-refractivity contribution in [1.82, 2.24) is 0 Å². The number of rotatable bonds is 53. The Morgan fingerprint density at radius 2 is 0.477 bits per heavy atom. The second-order valence-corrected chi connectivity index (χ2v) is 21.1. The van der Waals surface area contributed by atoms with E-state index in [0.29, 0.717) is 0 Å². The molecule has 0 fully saturated rings. The van der Waals surface area contributed by atoms with Crippen LogP contribution in [0.4, 0.5) is 0 Å². The molecule has 0 saturated heterocycles. The van der Waals surface area contributed by atoms with Crippen LogP contribution in [0.2, 0.25) is 0 Å². The predicted octanol–water partition coefficient (Wildman–Crippen LogP) is 22.3. The lowest BCUT2D eigenvalue weighted by Gasteiger charge is -2.36. The summed E-state index contributed by atoms with van der Waals surface area (Å²) in [6.45, 7) is 11.4. The molecule has 0 unspecified atom stereocenters. The Morgan fingerprint density at radius 1 is 0.262 bits per heavy atom. The van der Waals surface area contributed by atoms with Crippen LogP contribution in [0.3, 0.4) is 0 Å². The van der Waals surface area contributed by atoms with Gasteiger partial charge in [0.1, 0.15) is 6.54 Å². The second kappa shape index (κ2) is 51.8. The zero-order valence-corrected chi connectivity index (χ0v) is 44.9. The minimum Gasteiger partial charge on any atom is -0.310 e. The van der Waals surface area contributed by atoms with Crippen molar-refractivity contribution in [2.75, 3.05) is 19.6 Å². The zero-order valence-electron chi connectivity index (χ0n) is 44.9. The summed E-state index contributed by atoms with van der Waals surface area (Å²) in [7, 11) is 0. The quantitative estimate of drug-likeness (QED) is 0.0347. The van der Waals surface area contributed by atoms with Gasteiger partial charge in [-0.05, 0) is 56.8 Å². The first-order valence-electron chi connectivity index (χ1n) is 30.1. The van der Waals surface area contributed by atoms with E-state index in [9.17, 15) is 0 Å². The molecule has 0 aliphatic heterocycles. The van der Waals surface area contributed by atoms with E-state index in [4.69, 9.17) is 0 Å². The number of hydrogen-bond donors (Lipinski definition) is 0. The summed E-state index contributed by atoms with van der Waals surface area (Å²) in [5.41, 5.74) is 1.48. The Morgan fingerprint density at radius 3 is 0.708 bits per heavy atom. The van der Waals surface area contributed by atoms with Crippen LogP contribution in [0.15, 0.2) is 66.8 Å². The van der Waals surface area contributed by atoms with Crippen molar-refractivity contribution < 1.29 is 4.48 Å². The van der Waals surface area contributed by atoms with E-state index in [1.54, 1.807) is 0 Å². The van der Waals surface area contributed by atoms with Gasteiger partial charge in [0.15, 0.2) is 0 Å². The molecule has 0 spiro atoms. The fraction of sp³-hybridized carbons (Fsp3) is 0.812. The number of benzene rings is 1. The van der Waals surface area contributed by atoms with Crippen molar-refractivity contribution in [2.45, 2.75) is 316 Å². The van der Waals surface area contributed by atoms with E-state index in [-0.39, 0.29) is 0 Å². The normalized spacial score (nSPS) is 12.3. The van der Waals surface area contributed by atoms with Gasteiger partial charge in [0.25, 0.3) is 0 Å². The Bertz CT molecular complexity index is 1010. The lowest BCUT2D eigenvalue weighted by atomic mass is 10.0. The van der Waals surface area contributed by atoms with Gasteiger partial charge in [0, 0.05) is 5.56 Å². The summed E-state index contributed by atoms with van der Waals surface area (Å²) in [4.78, 5) is 0. The van der Waals surface area contributed by atoms with Crippen molar-refractivity contribution in [3.63, 3.8) is 0 Å². The Hall–Kier alpha value is -1.60. The summed E-state index contributed by atoms with van der Waals surface area (Å²) in [6.07, 6.45) is 79.3. The lowest BCUT2D eigenvalue weighted by Crippen LogP contribution is -2.47. The maximum Gasteiger partial charge on any atom is 0.105 e. The van der Waals surface area contributed by atoms with E-state index in [2.05, 4.69) is 87.6 Å². The van der Waals surface area contributed by atoms with Crippen LogP contribution in [0.1, 0.15) is 315 Å². The molecule has 0 N–H and O–H groups in total. The van der Waals surface area contributed by atoms with E-state index in [1.807, 2.05) is 0 Å². The molecular weight excluding hydrogens is 783 g/mol. The van der Waals surface area contributed by atoms with Gasteiger partial charge in [-0.15, -0.1) is 0 Å². The molecule has 1 rings (SSSR count). The lowest BCUT2D eigenvalue weighted by molar-refractivity contribution is -0.925. The van der Waals surface area contributed by atoms with Gasteiger partial charge < -0.3 is 4.48 Å². The molecule has 0 aliphatic rings. The van der Waals surface area contributed by atoms with Crippen LogP contribution >= 0.6 is 0 Å². The Kier molecular flexibility index (Phi) is 48.9. The summed E-state index contributed by atoms with van der Waals surface area (Å²) in [5, 5.41) is 0. The van der Waals surface area contributed by atoms with Crippen molar-refractivity contribution >= 4 is 0 Å². The molecule has 378 valence electrons. The molecule has 0 amide bonds. The van der Waals surface area contributed by atoms with Crippen LogP contribution < -0.4 is 0 Å². The van der Waals surface area contributed by atoms with Crippen LogP contribution in [0.5, 0.6) is 0 Å². The molecule has 1 heteroatoms. The van der Waals surface area contributed by atoms with Crippen LogP contribution in [-0.2, 0) is 6.54 Å². The highest BCUT2D eigenvalue weighted by atomic mass is 15.3. The van der Waals surface area contributed by atoms with Crippen molar-refractivity contribution in [1.29, 1.82) is 0 Å². The first-order chi connectivity index (χ1) is 32.3. The van der Waals surface area contributed by atoms with E-state index in [0.717, 1.165) is 30.7 Å². The van der Waals surface area contributed by atoms with Crippen molar-refractivity contribution in [2.24, 2.45) is 0 Å². The largest absolute Gasteiger partial charge is 0.310 e. The molecule has 0 aromatic heterocycles. The SMILES string of the molecule is CCCCCCCCCCCCCCCC/C=C/C[N+](C/C=C/CCCCCCCCCCCCCCCC)(C/C=C/CCCCCCCCCCCCCCCC)Cc1ccccc1. The predicted molar refractivity (Wildman–Crippen MR) is 297 cm³/mol. The summed E-state index contributed by atoms with van der Waals surface area (Å²) < 4.78 is 1.10. The highest BCUT2D eigenvalue weighted by molar-refractivity contribution is 5.13. The van der Waals surface area contributed by atoms with Crippen molar-refractivity contribution in [3.8, 4) is 0 Å². The minimum absolute atomic E-state index is 1.10. The molecule has 0 atom stereocenters. The molecule has 0 bridgehead atoms. The average molecular weight is 902 g/mol. The van der Waals surface area contributed by atoms with Crippen molar-refractivity contribution in [3.05, 3.63) is 72.4 Å². The number of unbranched alkanes of at least 4 members (excludes halogenated alkanes) is 42. The monoisotopic (exact) mass is 901 g/mol. The highest BCUT2D eigenvalue weighted by Gasteiger charge is 2.24. The fourth-order valence-electron chi connectivity index (χ4n) is 10.0. The third-order valence-electron chi connectivity index (χ3n) is 14.5. The summed E-state index contributed by atoms with van der Waals surface area (Å²) in [5.74, 6) is 0. The topological polar surface area (TPSA) is 0 Å². The van der Waals surface area contributed by atoms with E-state index >= 15 is 0 Å². The average Bonchev–Trinajstić information content (AvgIpc) is 3.32. The standard InChI is InChI=1S/C64H118N/c1-4-7-10-13-16-19-22-25-28-31-34-37-40-43-46-49-55-60-65(63-64-58-53-52-54-59-64,61-56-50-47-44-41-38-35-32-29-26-23-20-17-14-11-8-5-2)62-57-51-48-45-42-39-36-33-30-27-24-21-18-15-12-9-6-3/h49-59H,4-48,60-63H2,1-3H3/q+1/b55-49+,56-50+,57-51+. The molecule has 0 aliphatic carbocycles. The maximum atomic E-state index is 2.56. The zero-order chi connectivity index (χ0) is 46.5. The van der Waals surface area contributed by atoms with Gasteiger partial charge in [0.05, 0.1) is 19.6 Å². The highest BCUT2D eigenvalue weighted by Crippen LogP contribution is 2.20.